The molecule has 3 rings (SSSR count). The summed E-state index contributed by atoms with van der Waals surface area (Å²) in [6, 6.07) is 9.15. The lowest BCUT2D eigenvalue weighted by Gasteiger charge is -2.05. The van der Waals surface area contributed by atoms with E-state index in [0.717, 1.165) is 23.6 Å². The number of nitrogens with zero attached hydrogens (tertiary/aromatic N) is 4. The maximum atomic E-state index is 12.2. The molecule has 0 aromatic carbocycles. The average Bonchev–Trinajstić information content (AvgIpc) is 2.95. The van der Waals surface area contributed by atoms with E-state index in [1.165, 1.54) is 0 Å². The number of aromatic nitrogens is 4. The maximum absolute atomic E-state index is 12.2. The van der Waals surface area contributed by atoms with E-state index in [9.17, 15) is 4.79 Å². The number of hydrogen-bond donors (Lipinski definition) is 1. The standard InChI is InChI=1S/C15H15N5O/c1-2-13-18-19-14-7-6-11(10-20(13)14)15(21)17-9-12-5-3-4-8-16-12/h3-8,10H,2,9H2,1H3,(H,17,21). The Morgan fingerprint density at radius 3 is 2.90 bits per heavy atom. The number of hydrogen-bond acceptors (Lipinski definition) is 4. The van der Waals surface area contributed by atoms with Gasteiger partial charge in [0.25, 0.3) is 5.91 Å². The zero-order valence-corrected chi connectivity index (χ0v) is 11.7. The Bertz CT molecular complexity index is 766. The first-order chi connectivity index (χ1) is 10.3. The Labute approximate surface area is 121 Å². The van der Waals surface area contributed by atoms with Crippen molar-refractivity contribution in [1.29, 1.82) is 0 Å². The van der Waals surface area contributed by atoms with E-state index in [-0.39, 0.29) is 5.91 Å². The minimum Gasteiger partial charge on any atom is -0.346 e. The zero-order chi connectivity index (χ0) is 14.7. The largest absolute Gasteiger partial charge is 0.346 e. The van der Waals surface area contributed by atoms with Crippen LogP contribution in [0.3, 0.4) is 0 Å². The molecule has 0 saturated carbocycles. The zero-order valence-electron chi connectivity index (χ0n) is 11.7. The number of pyridine rings is 2. The minimum absolute atomic E-state index is 0.140. The quantitative estimate of drug-likeness (QED) is 0.788. The van der Waals surface area contributed by atoms with Crippen molar-refractivity contribution in [3.05, 3.63) is 59.8 Å². The molecule has 6 nitrogen and oxygen atoms in total. The highest BCUT2D eigenvalue weighted by Gasteiger charge is 2.09. The average molecular weight is 281 g/mol. The Kier molecular flexibility index (Phi) is 3.59. The molecule has 3 aromatic rings. The molecule has 0 radical (unpaired) electrons. The first-order valence-electron chi connectivity index (χ1n) is 6.79. The number of nitrogens with one attached hydrogen (secondary N) is 1. The summed E-state index contributed by atoms with van der Waals surface area (Å²) in [5.41, 5.74) is 2.14. The van der Waals surface area contributed by atoms with Crippen molar-refractivity contribution in [1.82, 2.24) is 24.9 Å². The van der Waals surface area contributed by atoms with Crippen LogP contribution in [0.5, 0.6) is 0 Å². The Morgan fingerprint density at radius 1 is 1.24 bits per heavy atom. The third kappa shape index (κ3) is 2.74. The van der Waals surface area contributed by atoms with Gasteiger partial charge in [-0.1, -0.05) is 13.0 Å². The molecular weight excluding hydrogens is 266 g/mol. The first-order valence-corrected chi connectivity index (χ1v) is 6.79. The fourth-order valence-electron chi connectivity index (χ4n) is 2.09. The monoisotopic (exact) mass is 281 g/mol. The van der Waals surface area contributed by atoms with Crippen LogP contribution in [0.15, 0.2) is 42.7 Å². The smallest absolute Gasteiger partial charge is 0.253 e. The van der Waals surface area contributed by atoms with Gasteiger partial charge in [-0.05, 0) is 24.3 Å². The van der Waals surface area contributed by atoms with Crippen LogP contribution in [0.2, 0.25) is 0 Å². The van der Waals surface area contributed by atoms with Crippen LogP contribution in [-0.4, -0.2) is 25.5 Å². The van der Waals surface area contributed by atoms with Gasteiger partial charge in [0.05, 0.1) is 17.8 Å². The van der Waals surface area contributed by atoms with Gasteiger partial charge in [-0.25, -0.2) is 0 Å². The van der Waals surface area contributed by atoms with E-state index in [0.29, 0.717) is 12.1 Å². The van der Waals surface area contributed by atoms with E-state index in [1.54, 1.807) is 24.5 Å². The van der Waals surface area contributed by atoms with Crippen LogP contribution in [0, 0.1) is 0 Å². The van der Waals surface area contributed by atoms with Crippen molar-refractivity contribution in [3.63, 3.8) is 0 Å². The topological polar surface area (TPSA) is 72.2 Å². The number of carbonyl (C=O) groups is 1. The van der Waals surface area contributed by atoms with Gasteiger partial charge in [0.15, 0.2) is 5.65 Å². The summed E-state index contributed by atoms with van der Waals surface area (Å²) in [6.07, 6.45) is 4.24. The van der Waals surface area contributed by atoms with Gasteiger partial charge in [0, 0.05) is 18.8 Å². The normalized spacial score (nSPS) is 10.7. The molecule has 1 amide bonds. The van der Waals surface area contributed by atoms with Gasteiger partial charge < -0.3 is 5.32 Å². The fourth-order valence-corrected chi connectivity index (χ4v) is 2.09. The molecule has 0 spiro atoms. The molecule has 3 aromatic heterocycles. The van der Waals surface area contributed by atoms with E-state index >= 15 is 0 Å². The number of rotatable bonds is 4. The summed E-state index contributed by atoms with van der Waals surface area (Å²) >= 11 is 0. The van der Waals surface area contributed by atoms with Crippen molar-refractivity contribution < 1.29 is 4.79 Å². The lowest BCUT2D eigenvalue weighted by molar-refractivity contribution is 0.0950. The van der Waals surface area contributed by atoms with Crippen molar-refractivity contribution in [2.24, 2.45) is 0 Å². The minimum atomic E-state index is -0.140. The second-order valence-electron chi connectivity index (χ2n) is 4.62. The predicted octanol–water partition coefficient (Wildman–Crippen LogP) is 1.62. The van der Waals surface area contributed by atoms with Gasteiger partial charge in [-0.2, -0.15) is 0 Å². The number of amides is 1. The van der Waals surface area contributed by atoms with Crippen LogP contribution >= 0.6 is 0 Å². The molecule has 6 heteroatoms. The SMILES string of the molecule is CCc1nnc2ccc(C(=O)NCc3ccccn3)cn12. The lowest BCUT2D eigenvalue weighted by Crippen LogP contribution is -2.23. The highest BCUT2D eigenvalue weighted by atomic mass is 16.1. The molecular formula is C15H15N5O. The van der Waals surface area contributed by atoms with Crippen LogP contribution in [0.1, 0.15) is 28.8 Å². The number of fused-ring (bicyclic) bond motifs is 1. The molecule has 106 valence electrons. The lowest BCUT2D eigenvalue weighted by atomic mass is 10.2. The number of carbonyl (C=O) groups excluding carboxylic acids is 1. The Morgan fingerprint density at radius 2 is 2.14 bits per heavy atom. The van der Waals surface area contributed by atoms with E-state index in [2.05, 4.69) is 20.5 Å². The highest BCUT2D eigenvalue weighted by Crippen LogP contribution is 2.08. The van der Waals surface area contributed by atoms with Gasteiger partial charge in [0.1, 0.15) is 5.82 Å². The molecule has 0 unspecified atom stereocenters. The van der Waals surface area contributed by atoms with Gasteiger partial charge in [-0.3, -0.25) is 14.2 Å². The summed E-state index contributed by atoms with van der Waals surface area (Å²) in [7, 11) is 0. The summed E-state index contributed by atoms with van der Waals surface area (Å²) in [6.45, 7) is 2.41. The van der Waals surface area contributed by atoms with E-state index in [1.807, 2.05) is 29.5 Å². The van der Waals surface area contributed by atoms with Gasteiger partial charge >= 0.3 is 0 Å². The molecule has 0 aliphatic heterocycles. The molecule has 0 aliphatic rings. The molecule has 1 N–H and O–H groups in total. The molecule has 0 fully saturated rings. The van der Waals surface area contributed by atoms with Crippen LogP contribution < -0.4 is 5.32 Å². The summed E-state index contributed by atoms with van der Waals surface area (Å²) in [4.78, 5) is 16.4. The second-order valence-corrected chi connectivity index (χ2v) is 4.62. The van der Waals surface area contributed by atoms with Crippen molar-refractivity contribution in [2.45, 2.75) is 19.9 Å². The van der Waals surface area contributed by atoms with Crippen LogP contribution in [0.25, 0.3) is 5.65 Å². The molecule has 21 heavy (non-hydrogen) atoms. The maximum Gasteiger partial charge on any atom is 0.253 e. The highest BCUT2D eigenvalue weighted by molar-refractivity contribution is 5.94. The molecule has 0 saturated heterocycles. The third-order valence-electron chi connectivity index (χ3n) is 3.21. The van der Waals surface area contributed by atoms with E-state index < -0.39 is 0 Å². The van der Waals surface area contributed by atoms with Crippen LogP contribution in [-0.2, 0) is 13.0 Å². The van der Waals surface area contributed by atoms with Gasteiger partial charge in [-0.15, -0.1) is 10.2 Å². The molecule has 0 bridgehead atoms. The summed E-state index contributed by atoms with van der Waals surface area (Å²) < 4.78 is 1.84. The third-order valence-corrected chi connectivity index (χ3v) is 3.21. The first kappa shape index (κ1) is 13.2. The fraction of sp³-hybridized carbons (Fsp3) is 0.200. The Balaban J connectivity index is 1.78. The van der Waals surface area contributed by atoms with Crippen molar-refractivity contribution >= 4 is 11.6 Å². The Hall–Kier alpha value is -2.76. The summed E-state index contributed by atoms with van der Waals surface area (Å²) in [5.74, 6) is 0.697. The molecule has 0 atom stereocenters. The summed E-state index contributed by atoms with van der Waals surface area (Å²) in [5, 5.41) is 11.0. The second kappa shape index (κ2) is 5.70. The van der Waals surface area contributed by atoms with Crippen LogP contribution in [0.4, 0.5) is 0 Å². The molecule has 3 heterocycles. The van der Waals surface area contributed by atoms with Crippen molar-refractivity contribution in [2.75, 3.05) is 0 Å². The molecule has 0 aliphatic carbocycles. The van der Waals surface area contributed by atoms with E-state index in [4.69, 9.17) is 0 Å². The van der Waals surface area contributed by atoms with Crippen molar-refractivity contribution in [3.8, 4) is 0 Å². The predicted molar refractivity (Wildman–Crippen MR) is 77.8 cm³/mol. The number of aryl methyl sites for hydroxylation is 1. The van der Waals surface area contributed by atoms with Gasteiger partial charge in [0.2, 0.25) is 0 Å².